The monoisotopic (exact) mass is 324 g/mol. The van der Waals surface area contributed by atoms with Gasteiger partial charge in [-0.05, 0) is 30.3 Å². The Kier molecular flexibility index (Phi) is 4.88. The van der Waals surface area contributed by atoms with Crippen LogP contribution in [0.2, 0.25) is 0 Å². The second-order valence-electron chi connectivity index (χ2n) is 5.03. The Balaban J connectivity index is 1.62. The summed E-state index contributed by atoms with van der Waals surface area (Å²) in [7, 11) is 0. The number of carbonyl (C=O) groups is 1. The molecule has 2 aromatic heterocycles. The Morgan fingerprint density at radius 3 is 2.75 bits per heavy atom. The van der Waals surface area contributed by atoms with Gasteiger partial charge >= 0.3 is 0 Å². The number of aromatic nitrogens is 1. The Morgan fingerprint density at radius 2 is 2.00 bits per heavy atom. The first-order valence-electron chi connectivity index (χ1n) is 7.41. The van der Waals surface area contributed by atoms with Crippen molar-refractivity contribution in [1.29, 1.82) is 0 Å². The number of ether oxygens (including phenoxy) is 1. The number of carbonyl (C=O) groups excluding carboxylic acids is 1. The number of hydrogen-bond acceptors (Lipinski definition) is 5. The maximum absolute atomic E-state index is 12.2. The van der Waals surface area contributed by atoms with Gasteiger partial charge in [-0.2, -0.15) is 0 Å². The molecule has 0 aliphatic heterocycles. The molecule has 1 unspecified atom stereocenters. The molecule has 3 aromatic rings. The van der Waals surface area contributed by atoms with Gasteiger partial charge in [-0.1, -0.05) is 18.2 Å². The fraction of sp³-hybridized carbons (Fsp3) is 0.111. The van der Waals surface area contributed by atoms with Gasteiger partial charge in [0.25, 0.3) is 5.91 Å². The summed E-state index contributed by atoms with van der Waals surface area (Å²) in [6.07, 6.45) is 2.05. The molecule has 0 saturated carbocycles. The minimum Gasteiger partial charge on any atom is -0.467 e. The van der Waals surface area contributed by atoms with Crippen molar-refractivity contribution in [3.63, 3.8) is 0 Å². The maximum atomic E-state index is 12.2. The molecule has 0 spiro atoms. The number of aliphatic hydroxyl groups excluding tert-OH is 1. The summed E-state index contributed by atoms with van der Waals surface area (Å²) < 4.78 is 10.8. The summed E-state index contributed by atoms with van der Waals surface area (Å²) in [6.45, 7) is 0.0256. The molecule has 3 rings (SSSR count). The van der Waals surface area contributed by atoms with Crippen molar-refractivity contribution in [1.82, 2.24) is 10.3 Å². The first-order valence-corrected chi connectivity index (χ1v) is 7.41. The van der Waals surface area contributed by atoms with E-state index in [0.29, 0.717) is 17.3 Å². The number of hydrogen-bond donors (Lipinski definition) is 2. The lowest BCUT2D eigenvalue weighted by Gasteiger charge is -2.10. The SMILES string of the molecule is O=C(NCC(O)c1ccco1)c1cc(Oc2ccccc2)ccn1. The van der Waals surface area contributed by atoms with Gasteiger partial charge in [-0.15, -0.1) is 0 Å². The number of benzene rings is 1. The van der Waals surface area contributed by atoms with E-state index in [9.17, 15) is 9.90 Å². The van der Waals surface area contributed by atoms with Gasteiger partial charge in [0.2, 0.25) is 0 Å². The van der Waals surface area contributed by atoms with Crippen molar-refractivity contribution in [2.75, 3.05) is 6.54 Å². The molecule has 0 bridgehead atoms. The number of nitrogens with zero attached hydrogens (tertiary/aromatic N) is 1. The fourth-order valence-corrected chi connectivity index (χ4v) is 2.08. The normalized spacial score (nSPS) is 11.7. The first-order chi connectivity index (χ1) is 11.7. The van der Waals surface area contributed by atoms with Crippen LogP contribution in [0.3, 0.4) is 0 Å². The molecular weight excluding hydrogens is 308 g/mol. The molecule has 0 aliphatic carbocycles. The Morgan fingerprint density at radius 1 is 1.17 bits per heavy atom. The second-order valence-corrected chi connectivity index (χ2v) is 5.03. The first kappa shape index (κ1) is 15.8. The van der Waals surface area contributed by atoms with Gasteiger partial charge in [-0.3, -0.25) is 9.78 Å². The van der Waals surface area contributed by atoms with Crippen LogP contribution in [0.5, 0.6) is 11.5 Å². The Hall–Kier alpha value is -3.12. The third-order valence-corrected chi connectivity index (χ3v) is 3.27. The van der Waals surface area contributed by atoms with Gasteiger partial charge in [0.1, 0.15) is 29.1 Å². The average molecular weight is 324 g/mol. The van der Waals surface area contributed by atoms with Crippen LogP contribution in [0.4, 0.5) is 0 Å². The number of rotatable bonds is 6. The lowest BCUT2D eigenvalue weighted by molar-refractivity contribution is 0.0896. The molecule has 0 aliphatic rings. The topological polar surface area (TPSA) is 84.6 Å². The van der Waals surface area contributed by atoms with Crippen LogP contribution in [0.15, 0.2) is 71.5 Å². The largest absolute Gasteiger partial charge is 0.467 e. The molecule has 2 heterocycles. The minimum atomic E-state index is -0.910. The summed E-state index contributed by atoms with van der Waals surface area (Å²) in [6, 6.07) is 15.8. The van der Waals surface area contributed by atoms with Crippen molar-refractivity contribution in [2.45, 2.75) is 6.10 Å². The van der Waals surface area contributed by atoms with Crippen molar-refractivity contribution < 1.29 is 19.1 Å². The zero-order valence-corrected chi connectivity index (χ0v) is 12.8. The van der Waals surface area contributed by atoms with Gasteiger partial charge < -0.3 is 19.6 Å². The molecule has 0 saturated heterocycles. The van der Waals surface area contributed by atoms with Gasteiger partial charge in [0, 0.05) is 12.3 Å². The standard InChI is InChI=1S/C18H16N2O4/c21-16(17-7-4-10-23-17)12-20-18(22)15-11-14(8-9-19-15)24-13-5-2-1-3-6-13/h1-11,16,21H,12H2,(H,20,22). The molecule has 0 fully saturated rings. The van der Waals surface area contributed by atoms with Crippen molar-refractivity contribution in [3.8, 4) is 11.5 Å². The van der Waals surface area contributed by atoms with Crippen LogP contribution in [0, 0.1) is 0 Å². The summed E-state index contributed by atoms with van der Waals surface area (Å²) in [5.74, 6) is 1.17. The Labute approximate surface area is 138 Å². The van der Waals surface area contributed by atoms with Crippen LogP contribution >= 0.6 is 0 Å². The molecule has 1 aromatic carbocycles. The number of para-hydroxylation sites is 1. The number of pyridine rings is 1. The predicted octanol–water partition coefficient (Wildman–Crippen LogP) is 2.93. The van der Waals surface area contributed by atoms with Gasteiger partial charge in [-0.25, -0.2) is 0 Å². The van der Waals surface area contributed by atoms with Crippen LogP contribution in [0.25, 0.3) is 0 Å². The second kappa shape index (κ2) is 7.43. The average Bonchev–Trinajstić information content (AvgIpc) is 3.15. The van der Waals surface area contributed by atoms with Crippen LogP contribution < -0.4 is 10.1 Å². The highest BCUT2D eigenvalue weighted by Crippen LogP contribution is 2.20. The lowest BCUT2D eigenvalue weighted by Crippen LogP contribution is -2.28. The van der Waals surface area contributed by atoms with E-state index >= 15 is 0 Å². The van der Waals surface area contributed by atoms with E-state index in [0.717, 1.165) is 0 Å². The highest BCUT2D eigenvalue weighted by molar-refractivity contribution is 5.92. The molecule has 2 N–H and O–H groups in total. The quantitative estimate of drug-likeness (QED) is 0.728. The van der Waals surface area contributed by atoms with E-state index in [1.807, 2.05) is 30.3 Å². The summed E-state index contributed by atoms with van der Waals surface area (Å²) in [4.78, 5) is 16.2. The van der Waals surface area contributed by atoms with Crippen molar-refractivity contribution in [2.24, 2.45) is 0 Å². The highest BCUT2D eigenvalue weighted by Gasteiger charge is 2.14. The van der Waals surface area contributed by atoms with Crippen molar-refractivity contribution in [3.05, 3.63) is 78.5 Å². The van der Waals surface area contributed by atoms with Gasteiger partial charge in [0.05, 0.1) is 12.8 Å². The highest BCUT2D eigenvalue weighted by atomic mass is 16.5. The zero-order valence-electron chi connectivity index (χ0n) is 12.8. The molecule has 122 valence electrons. The molecule has 24 heavy (non-hydrogen) atoms. The number of nitrogens with one attached hydrogen (secondary N) is 1. The van der Waals surface area contributed by atoms with E-state index in [-0.39, 0.29) is 12.2 Å². The zero-order chi connectivity index (χ0) is 16.8. The summed E-state index contributed by atoms with van der Waals surface area (Å²) in [5.41, 5.74) is 0.204. The van der Waals surface area contributed by atoms with Gasteiger partial charge in [0.15, 0.2) is 0 Å². The molecular formula is C18H16N2O4. The minimum absolute atomic E-state index is 0.0256. The molecule has 1 amide bonds. The van der Waals surface area contributed by atoms with Crippen LogP contribution in [-0.4, -0.2) is 22.5 Å². The summed E-state index contributed by atoms with van der Waals surface area (Å²) >= 11 is 0. The van der Waals surface area contributed by atoms with E-state index < -0.39 is 12.0 Å². The molecule has 0 radical (unpaired) electrons. The van der Waals surface area contributed by atoms with E-state index in [1.54, 1.807) is 24.3 Å². The third kappa shape index (κ3) is 3.99. The van der Waals surface area contributed by atoms with Crippen LogP contribution in [-0.2, 0) is 0 Å². The maximum Gasteiger partial charge on any atom is 0.270 e. The van der Waals surface area contributed by atoms with Crippen LogP contribution in [0.1, 0.15) is 22.4 Å². The number of furan rings is 1. The third-order valence-electron chi connectivity index (χ3n) is 3.27. The predicted molar refractivity (Wildman–Crippen MR) is 86.8 cm³/mol. The molecule has 6 nitrogen and oxygen atoms in total. The number of aliphatic hydroxyl groups is 1. The smallest absolute Gasteiger partial charge is 0.270 e. The lowest BCUT2D eigenvalue weighted by atomic mass is 10.2. The molecule has 6 heteroatoms. The van der Waals surface area contributed by atoms with E-state index in [4.69, 9.17) is 9.15 Å². The Bertz CT molecular complexity index is 788. The van der Waals surface area contributed by atoms with E-state index in [2.05, 4.69) is 10.3 Å². The molecule has 1 atom stereocenters. The summed E-state index contributed by atoms with van der Waals surface area (Å²) in [5, 5.41) is 12.5. The number of amides is 1. The fourth-order valence-electron chi connectivity index (χ4n) is 2.08. The van der Waals surface area contributed by atoms with E-state index in [1.165, 1.54) is 12.5 Å². The van der Waals surface area contributed by atoms with Crippen molar-refractivity contribution >= 4 is 5.91 Å².